The third kappa shape index (κ3) is 2.10. The van der Waals surface area contributed by atoms with Crippen LogP contribution in [0.15, 0.2) is 36.4 Å². The maximum atomic E-state index is 13.9. The molecule has 1 spiro atoms. The van der Waals surface area contributed by atoms with Crippen LogP contribution in [-0.2, 0) is 19.9 Å². The van der Waals surface area contributed by atoms with Crippen molar-refractivity contribution in [1.29, 1.82) is 0 Å². The fourth-order valence-corrected chi connectivity index (χ4v) is 6.61. The van der Waals surface area contributed by atoms with Gasteiger partial charge in [-0.2, -0.15) is 0 Å². The standard InChI is InChI=1S/C24H22ClN3O3/c1-12-9-10-14-20(13(12)2)26-23(31)24(14)19-18(17-8-5-11-27(17)24)21(29)28(22(19)30)16-7-4-3-6-15(16)25/h3-4,6-7,9-10,17-19H,5,8,11H2,1-2H3,(H,26,31)/t17-,18-,19+,24+/m1/s1. The molecular formula is C24H22ClN3O3. The molecule has 0 bridgehead atoms. The number of benzene rings is 2. The summed E-state index contributed by atoms with van der Waals surface area (Å²) < 4.78 is 0. The fourth-order valence-electron chi connectivity index (χ4n) is 6.39. The lowest BCUT2D eigenvalue weighted by Gasteiger charge is -2.36. The number of rotatable bonds is 1. The fraction of sp³-hybridized carbons (Fsp3) is 0.375. The summed E-state index contributed by atoms with van der Waals surface area (Å²) in [5, 5.41) is 3.43. The Hall–Kier alpha value is -2.70. The Balaban J connectivity index is 1.59. The molecule has 7 heteroatoms. The average molecular weight is 436 g/mol. The Kier molecular flexibility index (Phi) is 3.79. The first kappa shape index (κ1) is 19.0. The van der Waals surface area contributed by atoms with E-state index in [9.17, 15) is 14.4 Å². The van der Waals surface area contributed by atoms with Crippen molar-refractivity contribution in [2.24, 2.45) is 11.8 Å². The molecule has 6 rings (SSSR count). The van der Waals surface area contributed by atoms with Crippen molar-refractivity contribution >= 4 is 40.7 Å². The number of halogens is 1. The molecular weight excluding hydrogens is 414 g/mol. The molecule has 4 aliphatic rings. The summed E-state index contributed by atoms with van der Waals surface area (Å²) in [7, 11) is 0. The van der Waals surface area contributed by atoms with E-state index in [4.69, 9.17) is 11.6 Å². The van der Waals surface area contributed by atoms with Crippen molar-refractivity contribution in [3.05, 3.63) is 58.1 Å². The van der Waals surface area contributed by atoms with Gasteiger partial charge in [0, 0.05) is 17.3 Å². The summed E-state index contributed by atoms with van der Waals surface area (Å²) >= 11 is 6.37. The van der Waals surface area contributed by atoms with Crippen LogP contribution >= 0.6 is 11.6 Å². The molecule has 4 heterocycles. The molecule has 0 radical (unpaired) electrons. The molecule has 0 unspecified atom stereocenters. The van der Waals surface area contributed by atoms with Crippen LogP contribution in [0, 0.1) is 25.7 Å². The van der Waals surface area contributed by atoms with Crippen LogP contribution in [0.2, 0.25) is 5.02 Å². The monoisotopic (exact) mass is 435 g/mol. The molecule has 2 aromatic rings. The highest BCUT2D eigenvalue weighted by Gasteiger charge is 2.74. The summed E-state index contributed by atoms with van der Waals surface area (Å²) in [5.74, 6) is -2.09. The predicted octanol–water partition coefficient (Wildman–Crippen LogP) is 3.39. The molecule has 3 amide bonds. The minimum atomic E-state index is -1.15. The third-order valence-electron chi connectivity index (χ3n) is 7.79. The topological polar surface area (TPSA) is 69.7 Å². The molecule has 158 valence electrons. The minimum absolute atomic E-state index is 0.132. The van der Waals surface area contributed by atoms with Gasteiger partial charge in [0.05, 0.1) is 22.5 Å². The molecule has 31 heavy (non-hydrogen) atoms. The Morgan fingerprint density at radius 2 is 1.84 bits per heavy atom. The molecule has 6 nitrogen and oxygen atoms in total. The van der Waals surface area contributed by atoms with Gasteiger partial charge in [0.15, 0.2) is 0 Å². The molecule has 3 fully saturated rings. The molecule has 0 aliphatic carbocycles. The van der Waals surface area contributed by atoms with Crippen molar-refractivity contribution in [3.8, 4) is 0 Å². The highest BCUT2D eigenvalue weighted by molar-refractivity contribution is 6.36. The first-order valence-electron chi connectivity index (χ1n) is 10.7. The zero-order valence-electron chi connectivity index (χ0n) is 17.3. The van der Waals surface area contributed by atoms with Gasteiger partial charge in [0.25, 0.3) is 0 Å². The maximum absolute atomic E-state index is 13.9. The Labute approximate surface area is 185 Å². The van der Waals surface area contributed by atoms with E-state index in [-0.39, 0.29) is 23.8 Å². The van der Waals surface area contributed by atoms with Gasteiger partial charge in [0.2, 0.25) is 17.7 Å². The largest absolute Gasteiger partial charge is 0.324 e. The van der Waals surface area contributed by atoms with Gasteiger partial charge in [-0.3, -0.25) is 19.3 Å². The summed E-state index contributed by atoms with van der Waals surface area (Å²) in [6.07, 6.45) is 1.70. The number of carbonyl (C=O) groups is 3. The van der Waals surface area contributed by atoms with E-state index in [0.717, 1.165) is 35.2 Å². The quantitative estimate of drug-likeness (QED) is 0.697. The Morgan fingerprint density at radius 3 is 2.61 bits per heavy atom. The van der Waals surface area contributed by atoms with Crippen LogP contribution < -0.4 is 10.2 Å². The van der Waals surface area contributed by atoms with Crippen LogP contribution in [0.4, 0.5) is 11.4 Å². The minimum Gasteiger partial charge on any atom is -0.324 e. The number of amides is 3. The number of para-hydroxylation sites is 1. The number of aryl methyl sites for hydroxylation is 1. The molecule has 4 aliphatic heterocycles. The van der Waals surface area contributed by atoms with Crippen molar-refractivity contribution < 1.29 is 14.4 Å². The van der Waals surface area contributed by atoms with Gasteiger partial charge >= 0.3 is 0 Å². The second kappa shape index (κ2) is 6.17. The predicted molar refractivity (Wildman–Crippen MR) is 117 cm³/mol. The normalized spacial score (nSPS) is 31.4. The summed E-state index contributed by atoms with van der Waals surface area (Å²) in [4.78, 5) is 44.6. The van der Waals surface area contributed by atoms with Crippen LogP contribution in [0.5, 0.6) is 0 Å². The van der Waals surface area contributed by atoms with E-state index >= 15 is 0 Å². The number of anilines is 2. The van der Waals surface area contributed by atoms with Crippen molar-refractivity contribution in [3.63, 3.8) is 0 Å². The lowest BCUT2D eigenvalue weighted by atomic mass is 9.75. The molecule has 0 aromatic heterocycles. The zero-order valence-corrected chi connectivity index (χ0v) is 18.1. The summed E-state index contributed by atoms with van der Waals surface area (Å²) in [6, 6.07) is 10.7. The summed E-state index contributed by atoms with van der Waals surface area (Å²) in [6.45, 7) is 4.69. The lowest BCUT2D eigenvalue weighted by molar-refractivity contribution is -0.135. The van der Waals surface area contributed by atoms with Crippen molar-refractivity contribution in [2.45, 2.75) is 38.3 Å². The highest BCUT2D eigenvalue weighted by atomic mass is 35.5. The second-order valence-corrected chi connectivity index (χ2v) is 9.43. The van der Waals surface area contributed by atoms with E-state index in [2.05, 4.69) is 10.2 Å². The summed E-state index contributed by atoms with van der Waals surface area (Å²) in [5.41, 5.74) is 2.93. The average Bonchev–Trinajstić information content (AvgIpc) is 3.45. The van der Waals surface area contributed by atoms with Crippen LogP contribution in [0.3, 0.4) is 0 Å². The van der Waals surface area contributed by atoms with Crippen molar-refractivity contribution in [2.75, 3.05) is 16.8 Å². The lowest BCUT2D eigenvalue weighted by Crippen LogP contribution is -2.54. The third-order valence-corrected chi connectivity index (χ3v) is 8.11. The van der Waals surface area contributed by atoms with Gasteiger partial charge in [-0.05, 0) is 56.5 Å². The number of hydrogen-bond donors (Lipinski definition) is 1. The van der Waals surface area contributed by atoms with Gasteiger partial charge in [0.1, 0.15) is 5.54 Å². The van der Waals surface area contributed by atoms with E-state index in [0.29, 0.717) is 17.3 Å². The van der Waals surface area contributed by atoms with Crippen molar-refractivity contribution in [1.82, 2.24) is 4.90 Å². The van der Waals surface area contributed by atoms with E-state index < -0.39 is 17.4 Å². The number of nitrogens with zero attached hydrogens (tertiary/aromatic N) is 2. The Bertz CT molecular complexity index is 1190. The van der Waals surface area contributed by atoms with Gasteiger partial charge < -0.3 is 5.32 Å². The first-order chi connectivity index (χ1) is 14.9. The Morgan fingerprint density at radius 1 is 1.06 bits per heavy atom. The van der Waals surface area contributed by atoms with E-state index in [1.165, 1.54) is 4.90 Å². The maximum Gasteiger partial charge on any atom is 0.250 e. The number of hydrogen-bond acceptors (Lipinski definition) is 4. The number of nitrogens with one attached hydrogen (secondary N) is 1. The highest BCUT2D eigenvalue weighted by Crippen LogP contribution is 2.61. The molecule has 2 aromatic carbocycles. The molecule has 1 N–H and O–H groups in total. The number of fused-ring (bicyclic) bond motifs is 7. The first-order valence-corrected chi connectivity index (χ1v) is 11.1. The van der Waals surface area contributed by atoms with E-state index in [1.807, 2.05) is 26.0 Å². The second-order valence-electron chi connectivity index (χ2n) is 9.02. The molecule has 0 saturated carbocycles. The van der Waals surface area contributed by atoms with Crippen LogP contribution in [0.25, 0.3) is 0 Å². The number of imide groups is 1. The molecule has 3 saturated heterocycles. The number of carbonyl (C=O) groups excluding carboxylic acids is 3. The van der Waals surface area contributed by atoms with Gasteiger partial charge in [-0.15, -0.1) is 0 Å². The smallest absolute Gasteiger partial charge is 0.250 e. The SMILES string of the molecule is Cc1ccc2c(c1C)NC(=O)[C@@]21[C@@H]2C(=O)N(c3ccccc3Cl)C(=O)[C@@H]2[C@H]2CCCN21. The van der Waals surface area contributed by atoms with E-state index in [1.54, 1.807) is 24.3 Å². The van der Waals surface area contributed by atoms with Gasteiger partial charge in [-0.25, -0.2) is 4.90 Å². The van der Waals surface area contributed by atoms with Crippen LogP contribution in [0.1, 0.15) is 29.5 Å². The van der Waals surface area contributed by atoms with Gasteiger partial charge in [-0.1, -0.05) is 35.9 Å². The molecule has 4 atom stereocenters. The van der Waals surface area contributed by atoms with Crippen LogP contribution in [-0.4, -0.2) is 35.2 Å². The zero-order chi connectivity index (χ0) is 21.7.